The number of amides is 1. The van der Waals surface area contributed by atoms with Gasteiger partial charge in [0.05, 0.1) is 26.3 Å². The van der Waals surface area contributed by atoms with Crippen LogP contribution in [0.4, 0.5) is 4.39 Å². The van der Waals surface area contributed by atoms with Crippen molar-refractivity contribution >= 4 is 5.91 Å². The Kier molecular flexibility index (Phi) is 6.10. The maximum absolute atomic E-state index is 13.3. The number of halogens is 1. The van der Waals surface area contributed by atoms with Crippen molar-refractivity contribution in [1.29, 1.82) is 0 Å². The predicted octanol–water partition coefficient (Wildman–Crippen LogP) is 0.962. The van der Waals surface area contributed by atoms with Crippen LogP contribution in [0.2, 0.25) is 0 Å². The molecular weight excluding hydrogens is 275 g/mol. The minimum Gasteiger partial charge on any atom is -0.383 e. The van der Waals surface area contributed by atoms with Crippen molar-refractivity contribution in [2.75, 3.05) is 46.5 Å². The largest absolute Gasteiger partial charge is 0.383 e. The third-order valence-corrected chi connectivity index (χ3v) is 3.40. The highest BCUT2D eigenvalue weighted by atomic mass is 19.1. The fourth-order valence-corrected chi connectivity index (χ4v) is 2.27. The van der Waals surface area contributed by atoms with E-state index in [0.717, 1.165) is 5.56 Å². The summed E-state index contributed by atoms with van der Waals surface area (Å²) in [5, 5.41) is 3.03. The van der Waals surface area contributed by atoms with E-state index in [2.05, 4.69) is 5.32 Å². The van der Waals surface area contributed by atoms with Crippen LogP contribution in [0.25, 0.3) is 0 Å². The lowest BCUT2D eigenvalue weighted by molar-refractivity contribution is -0.138. The van der Waals surface area contributed by atoms with Gasteiger partial charge in [0.25, 0.3) is 0 Å². The van der Waals surface area contributed by atoms with Gasteiger partial charge in [-0.2, -0.15) is 0 Å². The number of ether oxygens (including phenoxy) is 2. The molecule has 1 fully saturated rings. The van der Waals surface area contributed by atoms with Crippen molar-refractivity contribution in [3.05, 3.63) is 35.6 Å². The average molecular weight is 296 g/mol. The molecule has 1 heterocycles. The fourth-order valence-electron chi connectivity index (χ4n) is 2.27. The molecule has 5 nitrogen and oxygen atoms in total. The van der Waals surface area contributed by atoms with E-state index in [-0.39, 0.29) is 24.4 Å². The number of carbonyl (C=O) groups excluding carboxylic acids is 1. The van der Waals surface area contributed by atoms with Gasteiger partial charge in [0.2, 0.25) is 5.91 Å². The number of hydrogen-bond donors (Lipinski definition) is 1. The number of carbonyl (C=O) groups is 1. The van der Waals surface area contributed by atoms with Crippen molar-refractivity contribution in [3.8, 4) is 0 Å². The first-order chi connectivity index (χ1) is 10.2. The zero-order valence-corrected chi connectivity index (χ0v) is 12.2. The van der Waals surface area contributed by atoms with Crippen molar-refractivity contribution in [3.63, 3.8) is 0 Å². The van der Waals surface area contributed by atoms with E-state index in [1.807, 2.05) is 6.07 Å². The van der Waals surface area contributed by atoms with Crippen molar-refractivity contribution < 1.29 is 18.7 Å². The minimum absolute atomic E-state index is 0.0239. The van der Waals surface area contributed by atoms with Gasteiger partial charge >= 0.3 is 0 Å². The number of rotatable bonds is 6. The molecule has 1 unspecified atom stereocenters. The van der Waals surface area contributed by atoms with Gasteiger partial charge in [-0.25, -0.2) is 4.39 Å². The smallest absolute Gasteiger partial charge is 0.236 e. The maximum atomic E-state index is 13.3. The standard InChI is InChI=1S/C15H21FN2O3/c1-20-7-5-17-10-15(19)18-6-8-21-14(11-18)12-3-2-4-13(16)9-12/h2-4,9,14,17H,5-8,10-11H2,1H3. The van der Waals surface area contributed by atoms with Gasteiger partial charge in [-0.3, -0.25) is 4.79 Å². The Morgan fingerprint density at radius 1 is 1.57 bits per heavy atom. The lowest BCUT2D eigenvalue weighted by Gasteiger charge is -2.33. The molecule has 21 heavy (non-hydrogen) atoms. The Balaban J connectivity index is 1.87. The van der Waals surface area contributed by atoms with Gasteiger partial charge in [-0.15, -0.1) is 0 Å². The molecule has 1 aromatic carbocycles. The van der Waals surface area contributed by atoms with E-state index >= 15 is 0 Å². The molecule has 1 aromatic rings. The molecule has 6 heteroatoms. The normalized spacial score (nSPS) is 18.8. The molecule has 0 bridgehead atoms. The Hall–Kier alpha value is -1.50. The number of methoxy groups -OCH3 is 1. The summed E-state index contributed by atoms with van der Waals surface area (Å²) in [4.78, 5) is 13.8. The van der Waals surface area contributed by atoms with Crippen molar-refractivity contribution in [2.45, 2.75) is 6.10 Å². The first-order valence-electron chi connectivity index (χ1n) is 7.05. The Morgan fingerprint density at radius 2 is 2.43 bits per heavy atom. The van der Waals surface area contributed by atoms with Crippen LogP contribution in [0.15, 0.2) is 24.3 Å². The molecule has 1 aliphatic heterocycles. The summed E-state index contributed by atoms with van der Waals surface area (Å²) in [6.07, 6.45) is -0.266. The summed E-state index contributed by atoms with van der Waals surface area (Å²) >= 11 is 0. The van der Waals surface area contributed by atoms with Gasteiger partial charge in [-0.05, 0) is 17.7 Å². The van der Waals surface area contributed by atoms with E-state index in [1.165, 1.54) is 12.1 Å². The SMILES string of the molecule is COCCNCC(=O)N1CCOC(c2cccc(F)c2)C1. The first-order valence-corrected chi connectivity index (χ1v) is 7.05. The molecular formula is C15H21FN2O3. The molecule has 0 saturated carbocycles. The molecule has 1 aliphatic rings. The first kappa shape index (κ1) is 15.9. The van der Waals surface area contributed by atoms with Gasteiger partial charge < -0.3 is 19.7 Å². The van der Waals surface area contributed by atoms with Crippen LogP contribution in [-0.4, -0.2) is 57.3 Å². The third-order valence-electron chi connectivity index (χ3n) is 3.40. The van der Waals surface area contributed by atoms with Crippen LogP contribution in [-0.2, 0) is 14.3 Å². The van der Waals surface area contributed by atoms with E-state index in [0.29, 0.717) is 32.8 Å². The monoisotopic (exact) mass is 296 g/mol. The number of nitrogens with zero attached hydrogens (tertiary/aromatic N) is 1. The van der Waals surface area contributed by atoms with Crippen molar-refractivity contribution in [1.82, 2.24) is 10.2 Å². The Bertz CT molecular complexity index is 470. The molecule has 2 rings (SSSR count). The minimum atomic E-state index is -0.291. The van der Waals surface area contributed by atoms with Gasteiger partial charge in [0.1, 0.15) is 11.9 Å². The summed E-state index contributed by atoms with van der Waals surface area (Å²) < 4.78 is 23.8. The molecule has 0 radical (unpaired) electrons. The Labute approximate surface area is 124 Å². The number of benzene rings is 1. The van der Waals surface area contributed by atoms with E-state index < -0.39 is 0 Å². The second kappa shape index (κ2) is 8.07. The molecule has 1 amide bonds. The highest BCUT2D eigenvalue weighted by Gasteiger charge is 2.25. The Morgan fingerprint density at radius 3 is 3.19 bits per heavy atom. The lowest BCUT2D eigenvalue weighted by Crippen LogP contribution is -2.46. The van der Waals surface area contributed by atoms with Crippen molar-refractivity contribution in [2.24, 2.45) is 0 Å². The van der Waals surface area contributed by atoms with Crippen LogP contribution in [0.3, 0.4) is 0 Å². The zero-order chi connectivity index (χ0) is 15.1. The summed E-state index contributed by atoms with van der Waals surface area (Å²) in [5.74, 6) is -0.267. The van der Waals surface area contributed by atoms with Crippen LogP contribution in [0, 0.1) is 5.82 Å². The number of morpholine rings is 1. The summed E-state index contributed by atoms with van der Waals surface area (Å²) in [5.41, 5.74) is 0.764. The van der Waals surface area contributed by atoms with E-state index in [9.17, 15) is 9.18 Å². The van der Waals surface area contributed by atoms with E-state index in [4.69, 9.17) is 9.47 Å². The van der Waals surface area contributed by atoms with Gasteiger partial charge in [0, 0.05) is 20.2 Å². The highest BCUT2D eigenvalue weighted by molar-refractivity contribution is 5.78. The van der Waals surface area contributed by atoms with Crippen LogP contribution < -0.4 is 5.32 Å². The molecule has 116 valence electrons. The molecule has 0 spiro atoms. The van der Waals surface area contributed by atoms with Gasteiger partial charge in [0.15, 0.2) is 0 Å². The molecule has 0 aliphatic carbocycles. The van der Waals surface area contributed by atoms with E-state index in [1.54, 1.807) is 18.1 Å². The maximum Gasteiger partial charge on any atom is 0.236 e. The average Bonchev–Trinajstić information content (AvgIpc) is 2.51. The summed E-state index contributed by atoms with van der Waals surface area (Å²) in [7, 11) is 1.62. The third kappa shape index (κ3) is 4.77. The highest BCUT2D eigenvalue weighted by Crippen LogP contribution is 2.22. The lowest BCUT2D eigenvalue weighted by atomic mass is 10.1. The topological polar surface area (TPSA) is 50.8 Å². The second-order valence-corrected chi connectivity index (χ2v) is 4.92. The number of hydrogen-bond acceptors (Lipinski definition) is 4. The van der Waals surface area contributed by atoms with Crippen LogP contribution >= 0.6 is 0 Å². The molecule has 0 aromatic heterocycles. The zero-order valence-electron chi connectivity index (χ0n) is 12.2. The predicted molar refractivity (Wildman–Crippen MR) is 76.4 cm³/mol. The summed E-state index contributed by atoms with van der Waals surface area (Å²) in [6, 6.07) is 6.32. The molecule has 1 atom stereocenters. The number of nitrogens with one attached hydrogen (secondary N) is 1. The molecule has 1 saturated heterocycles. The van der Waals surface area contributed by atoms with Crippen LogP contribution in [0.5, 0.6) is 0 Å². The quantitative estimate of drug-likeness (QED) is 0.795. The molecule has 1 N–H and O–H groups in total. The van der Waals surface area contributed by atoms with Crippen LogP contribution in [0.1, 0.15) is 11.7 Å². The fraction of sp³-hybridized carbons (Fsp3) is 0.533. The summed E-state index contributed by atoms with van der Waals surface area (Å²) in [6.45, 7) is 2.97. The van der Waals surface area contributed by atoms with Gasteiger partial charge in [-0.1, -0.05) is 12.1 Å². The second-order valence-electron chi connectivity index (χ2n) is 4.92.